The van der Waals surface area contributed by atoms with Crippen LogP contribution in [0.4, 0.5) is 0 Å². The van der Waals surface area contributed by atoms with Gasteiger partial charge >= 0.3 is 0 Å². The first kappa shape index (κ1) is 13.7. The molecule has 0 atom stereocenters. The standard InChI is InChI=1S/C14H28N2/c1-12(2)15-10-13(3)11-16-8-6-14(4,5)7-9-16/h12,15H,3,6-11H2,1-2,4-5H3. The highest BCUT2D eigenvalue weighted by molar-refractivity contribution is 5.01. The zero-order chi connectivity index (χ0) is 12.2. The molecule has 0 aliphatic carbocycles. The molecule has 1 heterocycles. The van der Waals surface area contributed by atoms with Crippen molar-refractivity contribution in [2.24, 2.45) is 5.41 Å². The Balaban J connectivity index is 2.21. The molecule has 16 heavy (non-hydrogen) atoms. The smallest absolute Gasteiger partial charge is 0.0202 e. The van der Waals surface area contributed by atoms with Gasteiger partial charge in [0.2, 0.25) is 0 Å². The van der Waals surface area contributed by atoms with Gasteiger partial charge < -0.3 is 5.32 Å². The zero-order valence-electron chi connectivity index (χ0n) is 11.5. The van der Waals surface area contributed by atoms with Crippen LogP contribution >= 0.6 is 0 Å². The first-order valence-electron chi connectivity index (χ1n) is 6.51. The minimum Gasteiger partial charge on any atom is -0.311 e. The predicted octanol–water partition coefficient (Wildman–Crippen LogP) is 2.66. The molecule has 0 saturated carbocycles. The van der Waals surface area contributed by atoms with Crippen molar-refractivity contribution >= 4 is 0 Å². The fraction of sp³-hybridized carbons (Fsp3) is 0.857. The van der Waals surface area contributed by atoms with E-state index in [1.165, 1.54) is 31.5 Å². The maximum absolute atomic E-state index is 4.15. The summed E-state index contributed by atoms with van der Waals surface area (Å²) in [5, 5.41) is 3.42. The Kier molecular flexibility index (Phi) is 5.00. The lowest BCUT2D eigenvalue weighted by Crippen LogP contribution is -2.39. The minimum absolute atomic E-state index is 0.550. The van der Waals surface area contributed by atoms with E-state index in [4.69, 9.17) is 0 Å². The second kappa shape index (κ2) is 5.83. The van der Waals surface area contributed by atoms with Crippen molar-refractivity contribution in [3.8, 4) is 0 Å². The van der Waals surface area contributed by atoms with Crippen molar-refractivity contribution in [2.75, 3.05) is 26.2 Å². The number of likely N-dealkylation sites (tertiary alicyclic amines) is 1. The van der Waals surface area contributed by atoms with E-state index in [-0.39, 0.29) is 0 Å². The molecule has 0 spiro atoms. The minimum atomic E-state index is 0.550. The summed E-state index contributed by atoms with van der Waals surface area (Å²) < 4.78 is 0. The third-order valence-corrected chi connectivity index (χ3v) is 3.42. The number of piperidine rings is 1. The molecule has 0 amide bonds. The number of nitrogens with one attached hydrogen (secondary N) is 1. The average molecular weight is 224 g/mol. The van der Waals surface area contributed by atoms with Crippen LogP contribution in [0, 0.1) is 5.41 Å². The van der Waals surface area contributed by atoms with Crippen molar-refractivity contribution in [3.63, 3.8) is 0 Å². The number of hydrogen-bond donors (Lipinski definition) is 1. The first-order valence-corrected chi connectivity index (χ1v) is 6.51. The van der Waals surface area contributed by atoms with Gasteiger partial charge in [0.1, 0.15) is 0 Å². The van der Waals surface area contributed by atoms with E-state index in [0.29, 0.717) is 11.5 Å². The summed E-state index contributed by atoms with van der Waals surface area (Å²) in [5.74, 6) is 0. The van der Waals surface area contributed by atoms with E-state index in [1.807, 2.05) is 0 Å². The highest BCUT2D eigenvalue weighted by Crippen LogP contribution is 2.29. The number of hydrogen-bond acceptors (Lipinski definition) is 2. The van der Waals surface area contributed by atoms with Crippen molar-refractivity contribution < 1.29 is 0 Å². The molecule has 0 aromatic carbocycles. The molecule has 1 N–H and O–H groups in total. The lowest BCUT2D eigenvalue weighted by molar-refractivity contribution is 0.141. The summed E-state index contributed by atoms with van der Waals surface area (Å²) in [5.41, 5.74) is 1.86. The molecule has 0 bridgehead atoms. The summed E-state index contributed by atoms with van der Waals surface area (Å²) in [6.07, 6.45) is 2.63. The van der Waals surface area contributed by atoms with E-state index < -0.39 is 0 Å². The Morgan fingerprint density at radius 2 is 1.88 bits per heavy atom. The van der Waals surface area contributed by atoms with Crippen LogP contribution in [0.25, 0.3) is 0 Å². The maximum atomic E-state index is 4.15. The van der Waals surface area contributed by atoms with Gasteiger partial charge in [-0.05, 0) is 36.9 Å². The molecule has 1 saturated heterocycles. The van der Waals surface area contributed by atoms with Crippen LogP contribution in [0.5, 0.6) is 0 Å². The molecule has 0 aromatic rings. The summed E-state index contributed by atoms with van der Waals surface area (Å²) >= 11 is 0. The Morgan fingerprint density at radius 1 is 1.31 bits per heavy atom. The molecule has 0 unspecified atom stereocenters. The predicted molar refractivity (Wildman–Crippen MR) is 71.7 cm³/mol. The van der Waals surface area contributed by atoms with E-state index in [2.05, 4.69) is 44.5 Å². The van der Waals surface area contributed by atoms with Crippen LogP contribution in [0.1, 0.15) is 40.5 Å². The van der Waals surface area contributed by atoms with Crippen LogP contribution in [0.3, 0.4) is 0 Å². The Hall–Kier alpha value is -0.340. The lowest BCUT2D eigenvalue weighted by atomic mass is 9.82. The zero-order valence-corrected chi connectivity index (χ0v) is 11.5. The molecule has 0 radical (unpaired) electrons. The second-order valence-corrected chi connectivity index (χ2v) is 6.23. The molecular formula is C14H28N2. The van der Waals surface area contributed by atoms with Gasteiger partial charge in [-0.25, -0.2) is 0 Å². The second-order valence-electron chi connectivity index (χ2n) is 6.23. The summed E-state index contributed by atoms with van der Waals surface area (Å²) in [7, 11) is 0. The molecule has 94 valence electrons. The van der Waals surface area contributed by atoms with Gasteiger partial charge in [-0.15, -0.1) is 0 Å². The Morgan fingerprint density at radius 3 is 2.38 bits per heavy atom. The van der Waals surface area contributed by atoms with Crippen LogP contribution in [0.2, 0.25) is 0 Å². The van der Waals surface area contributed by atoms with E-state index in [0.717, 1.165) is 13.1 Å². The summed E-state index contributed by atoms with van der Waals surface area (Å²) in [4.78, 5) is 2.54. The number of nitrogens with zero attached hydrogens (tertiary/aromatic N) is 1. The molecule has 1 rings (SSSR count). The van der Waals surface area contributed by atoms with Crippen LogP contribution in [0.15, 0.2) is 12.2 Å². The van der Waals surface area contributed by atoms with Gasteiger partial charge in [0.15, 0.2) is 0 Å². The topological polar surface area (TPSA) is 15.3 Å². The fourth-order valence-electron chi connectivity index (χ4n) is 2.04. The molecule has 1 fully saturated rings. The van der Waals surface area contributed by atoms with Gasteiger partial charge in [0, 0.05) is 19.1 Å². The Bertz CT molecular complexity index is 221. The van der Waals surface area contributed by atoms with Gasteiger partial charge in [-0.3, -0.25) is 4.90 Å². The third-order valence-electron chi connectivity index (χ3n) is 3.42. The van der Waals surface area contributed by atoms with Crippen molar-refractivity contribution in [1.29, 1.82) is 0 Å². The van der Waals surface area contributed by atoms with Crippen LogP contribution in [-0.4, -0.2) is 37.1 Å². The monoisotopic (exact) mass is 224 g/mol. The SMILES string of the molecule is C=C(CNC(C)C)CN1CCC(C)(C)CC1. The highest BCUT2D eigenvalue weighted by Gasteiger charge is 2.25. The Labute approximate surface area is 101 Å². The van der Waals surface area contributed by atoms with Gasteiger partial charge in [-0.1, -0.05) is 34.3 Å². The quantitative estimate of drug-likeness (QED) is 0.722. The van der Waals surface area contributed by atoms with Gasteiger partial charge in [-0.2, -0.15) is 0 Å². The van der Waals surface area contributed by atoms with Gasteiger partial charge in [0.05, 0.1) is 0 Å². The first-order chi connectivity index (χ1) is 7.39. The maximum Gasteiger partial charge on any atom is 0.0202 e. The molecular weight excluding hydrogens is 196 g/mol. The lowest BCUT2D eigenvalue weighted by Gasteiger charge is -2.37. The molecule has 1 aliphatic heterocycles. The van der Waals surface area contributed by atoms with Crippen LogP contribution in [-0.2, 0) is 0 Å². The van der Waals surface area contributed by atoms with Crippen molar-refractivity contribution in [3.05, 3.63) is 12.2 Å². The highest BCUT2D eigenvalue weighted by atomic mass is 15.1. The van der Waals surface area contributed by atoms with E-state index in [9.17, 15) is 0 Å². The van der Waals surface area contributed by atoms with Crippen LogP contribution < -0.4 is 5.32 Å². The summed E-state index contributed by atoms with van der Waals surface area (Å²) in [6.45, 7) is 17.7. The van der Waals surface area contributed by atoms with Gasteiger partial charge in [0.25, 0.3) is 0 Å². The molecule has 2 nitrogen and oxygen atoms in total. The van der Waals surface area contributed by atoms with Crippen molar-refractivity contribution in [1.82, 2.24) is 10.2 Å². The largest absolute Gasteiger partial charge is 0.311 e. The average Bonchev–Trinajstić information content (AvgIpc) is 2.18. The van der Waals surface area contributed by atoms with Crippen molar-refractivity contribution in [2.45, 2.75) is 46.6 Å². The van der Waals surface area contributed by atoms with E-state index in [1.54, 1.807) is 0 Å². The number of rotatable bonds is 5. The molecule has 0 aromatic heterocycles. The normalized spacial score (nSPS) is 21.3. The molecule has 2 heteroatoms. The summed E-state index contributed by atoms with van der Waals surface area (Å²) in [6, 6.07) is 0.553. The van der Waals surface area contributed by atoms with E-state index >= 15 is 0 Å². The third kappa shape index (κ3) is 5.13. The molecule has 1 aliphatic rings. The fourth-order valence-corrected chi connectivity index (χ4v) is 2.04.